The minimum absolute atomic E-state index is 0.990. The van der Waals surface area contributed by atoms with Crippen molar-refractivity contribution in [2.24, 2.45) is 0 Å². The van der Waals surface area contributed by atoms with Crippen molar-refractivity contribution in [1.82, 2.24) is 0 Å². The van der Waals surface area contributed by atoms with Gasteiger partial charge in [-0.15, -0.1) is 0 Å². The summed E-state index contributed by atoms with van der Waals surface area (Å²) in [6.07, 6.45) is 0. The highest BCUT2D eigenvalue weighted by Crippen LogP contribution is 2.30. The summed E-state index contributed by atoms with van der Waals surface area (Å²) in [4.78, 5) is 10.8. The van der Waals surface area contributed by atoms with Crippen LogP contribution in [-0.4, -0.2) is 4.89 Å². The quantitative estimate of drug-likeness (QED) is 0.546. The zero-order valence-electron chi connectivity index (χ0n) is 12.0. The van der Waals surface area contributed by atoms with E-state index in [4.69, 9.17) is 0 Å². The lowest BCUT2D eigenvalue weighted by molar-refractivity contribution is 0.645. The summed E-state index contributed by atoms with van der Waals surface area (Å²) in [7, 11) is -1.32. The summed E-state index contributed by atoms with van der Waals surface area (Å²) in [5, 5.41) is 6.72. The van der Waals surface area contributed by atoms with E-state index in [0.717, 1.165) is 10.6 Å². The summed E-state index contributed by atoms with van der Waals surface area (Å²) >= 11 is 0. The van der Waals surface area contributed by atoms with Crippen LogP contribution in [0.2, 0.25) is 0 Å². The van der Waals surface area contributed by atoms with Crippen molar-refractivity contribution in [2.75, 3.05) is 0 Å². The molecule has 2 heteroatoms. The third-order valence-corrected chi connectivity index (χ3v) is 5.49. The van der Waals surface area contributed by atoms with E-state index < -0.39 is 8.15 Å². The van der Waals surface area contributed by atoms with Gasteiger partial charge in [0.1, 0.15) is 0 Å². The van der Waals surface area contributed by atoms with Gasteiger partial charge in [0.25, 0.3) is 0 Å². The zero-order chi connectivity index (χ0) is 14.9. The van der Waals surface area contributed by atoms with Gasteiger partial charge in [-0.2, -0.15) is 0 Å². The van der Waals surface area contributed by atoms with Crippen molar-refractivity contribution in [2.45, 2.75) is 0 Å². The summed E-state index contributed by atoms with van der Waals surface area (Å²) in [6, 6.07) is 28.9. The summed E-state index contributed by atoms with van der Waals surface area (Å²) in [6.45, 7) is 0. The largest absolute Gasteiger partial charge is 0.364 e. The molecule has 4 aromatic carbocycles. The van der Waals surface area contributed by atoms with Gasteiger partial charge >= 0.3 is 0 Å². The first kappa shape index (κ1) is 13.5. The van der Waals surface area contributed by atoms with Crippen LogP contribution in [0.5, 0.6) is 0 Å². The van der Waals surface area contributed by atoms with Gasteiger partial charge in [0.2, 0.25) is 0 Å². The van der Waals surface area contributed by atoms with Crippen molar-refractivity contribution < 1.29 is 4.89 Å². The molecule has 0 saturated heterocycles. The van der Waals surface area contributed by atoms with Crippen LogP contribution in [0.25, 0.3) is 21.5 Å². The van der Waals surface area contributed by atoms with Crippen molar-refractivity contribution in [3.8, 4) is 0 Å². The Morgan fingerprint density at radius 2 is 0.909 bits per heavy atom. The predicted molar refractivity (Wildman–Crippen MR) is 96.3 cm³/mol. The molecule has 1 N–H and O–H groups in total. The SMILES string of the molecule is OP(c1ccc2ccccc2c1)c1ccc2ccccc2c1. The standard InChI is InChI=1S/C20H15OP/c21-22(19-11-9-15-5-1-3-7-17(15)13-19)20-12-10-16-6-2-4-8-18(16)14-20/h1-14,21H. The van der Waals surface area contributed by atoms with Gasteiger partial charge in [-0.25, -0.2) is 0 Å². The maximum atomic E-state index is 10.8. The fourth-order valence-corrected chi connectivity index (χ4v) is 4.02. The van der Waals surface area contributed by atoms with Crippen LogP contribution in [0.4, 0.5) is 0 Å². The molecule has 0 saturated carbocycles. The van der Waals surface area contributed by atoms with E-state index in [1.165, 1.54) is 21.5 Å². The van der Waals surface area contributed by atoms with Crippen molar-refractivity contribution >= 4 is 40.3 Å². The third kappa shape index (κ3) is 2.39. The van der Waals surface area contributed by atoms with Gasteiger partial charge in [-0.05, 0) is 33.7 Å². The van der Waals surface area contributed by atoms with E-state index in [2.05, 4.69) is 48.5 Å². The number of hydrogen-bond acceptors (Lipinski definition) is 1. The van der Waals surface area contributed by atoms with Crippen LogP contribution in [0.3, 0.4) is 0 Å². The van der Waals surface area contributed by atoms with Gasteiger partial charge in [-0.3, -0.25) is 0 Å². The van der Waals surface area contributed by atoms with E-state index in [9.17, 15) is 4.89 Å². The fraction of sp³-hybridized carbons (Fsp3) is 0. The molecule has 4 rings (SSSR count). The molecule has 106 valence electrons. The highest BCUT2D eigenvalue weighted by molar-refractivity contribution is 7.67. The van der Waals surface area contributed by atoms with Crippen LogP contribution in [0.15, 0.2) is 84.9 Å². The first-order chi connectivity index (χ1) is 10.8. The average Bonchev–Trinajstić information content (AvgIpc) is 2.60. The number of hydrogen-bond donors (Lipinski definition) is 1. The Morgan fingerprint density at radius 3 is 1.36 bits per heavy atom. The van der Waals surface area contributed by atoms with Gasteiger partial charge in [0.05, 0.1) is 8.15 Å². The summed E-state index contributed by atoms with van der Waals surface area (Å²) < 4.78 is 0. The molecule has 0 aliphatic carbocycles. The lowest BCUT2D eigenvalue weighted by atomic mass is 10.1. The lowest BCUT2D eigenvalue weighted by Crippen LogP contribution is -2.10. The van der Waals surface area contributed by atoms with Gasteiger partial charge in [-0.1, -0.05) is 72.8 Å². The molecule has 0 heterocycles. The first-order valence-electron chi connectivity index (χ1n) is 7.28. The molecule has 0 fully saturated rings. The Kier molecular flexibility index (Phi) is 3.38. The fourth-order valence-electron chi connectivity index (χ4n) is 2.77. The van der Waals surface area contributed by atoms with Crippen LogP contribution < -0.4 is 10.6 Å². The summed E-state index contributed by atoms with van der Waals surface area (Å²) in [5.41, 5.74) is 0. The van der Waals surface area contributed by atoms with E-state index in [-0.39, 0.29) is 0 Å². The highest BCUT2D eigenvalue weighted by atomic mass is 31.1. The van der Waals surface area contributed by atoms with E-state index in [1.807, 2.05) is 36.4 Å². The molecule has 0 unspecified atom stereocenters. The molecule has 4 aromatic rings. The molecule has 0 radical (unpaired) electrons. The summed E-state index contributed by atoms with van der Waals surface area (Å²) in [5.74, 6) is 0. The molecular weight excluding hydrogens is 287 g/mol. The van der Waals surface area contributed by atoms with Crippen LogP contribution in [0, 0.1) is 0 Å². The van der Waals surface area contributed by atoms with Crippen LogP contribution in [-0.2, 0) is 0 Å². The Bertz CT molecular complexity index is 882. The smallest absolute Gasteiger partial charge is 0.0877 e. The van der Waals surface area contributed by atoms with Crippen LogP contribution >= 0.6 is 8.15 Å². The van der Waals surface area contributed by atoms with Gasteiger partial charge < -0.3 is 4.89 Å². The highest BCUT2D eigenvalue weighted by Gasteiger charge is 2.11. The van der Waals surface area contributed by atoms with Gasteiger partial charge in [0.15, 0.2) is 0 Å². The Morgan fingerprint density at radius 1 is 0.500 bits per heavy atom. The molecule has 22 heavy (non-hydrogen) atoms. The molecule has 0 atom stereocenters. The number of rotatable bonds is 2. The number of benzene rings is 4. The molecular formula is C20H15OP. The average molecular weight is 302 g/mol. The van der Waals surface area contributed by atoms with E-state index in [0.29, 0.717) is 0 Å². The Hall–Kier alpha value is -2.21. The number of fused-ring (bicyclic) bond motifs is 2. The third-order valence-electron chi connectivity index (χ3n) is 3.96. The Labute approximate surface area is 130 Å². The van der Waals surface area contributed by atoms with Crippen molar-refractivity contribution in [3.05, 3.63) is 84.9 Å². The van der Waals surface area contributed by atoms with Crippen molar-refractivity contribution in [3.63, 3.8) is 0 Å². The minimum Gasteiger partial charge on any atom is -0.364 e. The first-order valence-corrected chi connectivity index (χ1v) is 8.57. The molecule has 0 aromatic heterocycles. The second-order valence-electron chi connectivity index (χ2n) is 5.37. The van der Waals surface area contributed by atoms with Crippen LogP contribution in [0.1, 0.15) is 0 Å². The van der Waals surface area contributed by atoms with E-state index in [1.54, 1.807) is 0 Å². The monoisotopic (exact) mass is 302 g/mol. The second kappa shape index (κ2) is 5.53. The molecule has 0 aliphatic rings. The van der Waals surface area contributed by atoms with Gasteiger partial charge in [0, 0.05) is 10.6 Å². The molecule has 0 spiro atoms. The lowest BCUT2D eigenvalue weighted by Gasteiger charge is -2.13. The topological polar surface area (TPSA) is 20.2 Å². The maximum absolute atomic E-state index is 10.8. The minimum atomic E-state index is -1.32. The predicted octanol–water partition coefficient (Wildman–Crippen LogP) is 4.33. The Balaban J connectivity index is 1.78. The van der Waals surface area contributed by atoms with E-state index >= 15 is 0 Å². The molecule has 0 aliphatic heterocycles. The molecule has 1 nitrogen and oxygen atoms in total. The normalized spacial score (nSPS) is 11.4. The second-order valence-corrected chi connectivity index (χ2v) is 7.03. The van der Waals surface area contributed by atoms with Crippen molar-refractivity contribution in [1.29, 1.82) is 0 Å². The molecule has 0 amide bonds. The maximum Gasteiger partial charge on any atom is 0.0877 e. The zero-order valence-corrected chi connectivity index (χ0v) is 12.9. The molecule has 0 bridgehead atoms.